The van der Waals surface area contributed by atoms with Crippen LogP contribution in [0.2, 0.25) is 0 Å². The maximum Gasteiger partial charge on any atom is 0.0861 e. The number of unbranched alkanes of at least 4 members (excludes halogenated alkanes) is 1. The molecule has 0 spiro atoms. The summed E-state index contributed by atoms with van der Waals surface area (Å²) in [4.78, 5) is 3.84. The molecule has 0 saturated heterocycles. The lowest BCUT2D eigenvalue weighted by Crippen LogP contribution is -1.95. The molecule has 0 aliphatic rings. The van der Waals surface area contributed by atoms with Crippen molar-refractivity contribution in [2.75, 3.05) is 0 Å². The van der Waals surface area contributed by atoms with Gasteiger partial charge in [0.05, 0.1) is 15.7 Å². The number of rotatable bonds is 8. The zero-order valence-electron chi connectivity index (χ0n) is 17.7. The summed E-state index contributed by atoms with van der Waals surface area (Å²) in [5.41, 5.74) is 3.73. The van der Waals surface area contributed by atoms with Gasteiger partial charge >= 0.3 is 0 Å². The zero-order chi connectivity index (χ0) is 21.5. The Morgan fingerprint density at radius 2 is 1.32 bits per heavy atom. The average Bonchev–Trinajstić information content (AvgIpc) is 2.84. The van der Waals surface area contributed by atoms with Gasteiger partial charge in [-0.05, 0) is 65.9 Å². The topological polar surface area (TPSA) is 17.1 Å². The second kappa shape index (κ2) is 10.6. The van der Waals surface area contributed by atoms with Gasteiger partial charge in [-0.25, -0.2) is 4.21 Å². The minimum atomic E-state index is -1.22. The van der Waals surface area contributed by atoms with E-state index >= 15 is 0 Å². The molecular weight excluding hydrogens is 416 g/mol. The predicted octanol–water partition coefficient (Wildman–Crippen LogP) is 8.01. The first-order valence-electron chi connectivity index (χ1n) is 10.7. The van der Waals surface area contributed by atoms with E-state index in [4.69, 9.17) is 0 Å². The van der Waals surface area contributed by atoms with Crippen LogP contribution in [0.3, 0.4) is 0 Å². The van der Waals surface area contributed by atoms with E-state index in [0.29, 0.717) is 0 Å². The molecule has 31 heavy (non-hydrogen) atoms. The molecule has 0 radical (unpaired) electrons. The van der Waals surface area contributed by atoms with Crippen LogP contribution in [-0.4, -0.2) is 4.21 Å². The fourth-order valence-corrected chi connectivity index (χ4v) is 5.75. The van der Waals surface area contributed by atoms with Gasteiger partial charge in [-0.2, -0.15) is 0 Å². The fourth-order valence-electron chi connectivity index (χ4n) is 3.45. The van der Waals surface area contributed by atoms with Gasteiger partial charge in [-0.15, -0.1) is 0 Å². The van der Waals surface area contributed by atoms with E-state index in [1.54, 1.807) is 11.8 Å². The van der Waals surface area contributed by atoms with Gasteiger partial charge in [-0.3, -0.25) is 0 Å². The highest BCUT2D eigenvalue weighted by atomic mass is 32.2. The van der Waals surface area contributed by atoms with Gasteiger partial charge in [0.1, 0.15) is 0 Å². The molecule has 0 aliphatic carbocycles. The second-order valence-corrected chi connectivity index (χ2v) is 10.0. The van der Waals surface area contributed by atoms with E-state index in [1.807, 2.05) is 54.6 Å². The lowest BCUT2D eigenvalue weighted by Gasteiger charge is -2.10. The molecule has 1 atom stereocenters. The summed E-state index contributed by atoms with van der Waals surface area (Å²) in [7, 11) is -1.22. The summed E-state index contributed by atoms with van der Waals surface area (Å²) in [6.45, 7) is 2.22. The largest absolute Gasteiger partial charge is 0.249 e. The van der Waals surface area contributed by atoms with E-state index in [2.05, 4.69) is 55.5 Å². The highest BCUT2D eigenvalue weighted by Crippen LogP contribution is 2.34. The van der Waals surface area contributed by atoms with Crippen molar-refractivity contribution in [2.24, 2.45) is 0 Å². The highest BCUT2D eigenvalue weighted by Gasteiger charge is 2.13. The third-order valence-corrected chi connectivity index (χ3v) is 7.86. The van der Waals surface area contributed by atoms with Crippen LogP contribution in [0.15, 0.2) is 123 Å². The molecule has 0 bridgehead atoms. The molecule has 4 aromatic rings. The lowest BCUT2D eigenvalue weighted by molar-refractivity contribution is 0.681. The first-order chi connectivity index (χ1) is 15.2. The maximum absolute atomic E-state index is 13.3. The molecule has 0 aromatic heterocycles. The molecule has 1 nitrogen and oxygen atoms in total. The molecule has 1 unspecified atom stereocenters. The Morgan fingerprint density at radius 1 is 0.710 bits per heavy atom. The van der Waals surface area contributed by atoms with Gasteiger partial charge < -0.3 is 0 Å². The lowest BCUT2D eigenvalue weighted by atomic mass is 10.0. The monoisotopic (exact) mass is 442 g/mol. The minimum Gasteiger partial charge on any atom is -0.249 e. The van der Waals surface area contributed by atoms with Crippen LogP contribution in [0.5, 0.6) is 0 Å². The molecule has 0 heterocycles. The normalized spacial score (nSPS) is 11.9. The van der Waals surface area contributed by atoms with Crippen LogP contribution < -0.4 is 0 Å². The quantitative estimate of drug-likeness (QED) is 0.275. The minimum absolute atomic E-state index is 0.824. The van der Waals surface area contributed by atoms with E-state index in [-0.39, 0.29) is 0 Å². The van der Waals surface area contributed by atoms with Gasteiger partial charge in [-0.1, -0.05) is 91.8 Å². The number of hydrogen-bond acceptors (Lipinski definition) is 2. The summed E-state index contributed by atoms with van der Waals surface area (Å²) in [5, 5.41) is 0. The summed E-state index contributed by atoms with van der Waals surface area (Å²) >= 11 is 1.65. The Balaban J connectivity index is 1.53. The van der Waals surface area contributed by atoms with Crippen LogP contribution in [-0.2, 0) is 17.2 Å². The van der Waals surface area contributed by atoms with E-state index in [1.165, 1.54) is 24.0 Å². The van der Waals surface area contributed by atoms with Crippen molar-refractivity contribution in [3.8, 4) is 11.1 Å². The Kier molecular flexibility index (Phi) is 7.39. The first-order valence-corrected chi connectivity index (χ1v) is 12.6. The summed E-state index contributed by atoms with van der Waals surface area (Å²) in [5.74, 6) is 0. The van der Waals surface area contributed by atoms with Gasteiger partial charge in [0.2, 0.25) is 0 Å². The molecule has 0 fully saturated rings. The van der Waals surface area contributed by atoms with Crippen molar-refractivity contribution in [3.63, 3.8) is 0 Å². The van der Waals surface area contributed by atoms with Crippen LogP contribution in [0.4, 0.5) is 0 Å². The number of aryl methyl sites for hydroxylation is 1. The van der Waals surface area contributed by atoms with Gasteiger partial charge in [0.25, 0.3) is 0 Å². The fraction of sp³-hybridized carbons (Fsp3) is 0.143. The SMILES string of the molecule is CCCCc1ccc(-c2ccc(S(=O)c3ccccc3Sc3ccccc3)cc2)cc1. The van der Waals surface area contributed by atoms with Crippen LogP contribution >= 0.6 is 11.8 Å². The predicted molar refractivity (Wildman–Crippen MR) is 132 cm³/mol. The molecule has 156 valence electrons. The molecular formula is C28H26OS2. The zero-order valence-corrected chi connectivity index (χ0v) is 19.3. The van der Waals surface area contributed by atoms with Crippen LogP contribution in [0, 0.1) is 0 Å². The van der Waals surface area contributed by atoms with Crippen LogP contribution in [0.1, 0.15) is 25.3 Å². The van der Waals surface area contributed by atoms with Crippen molar-refractivity contribution < 1.29 is 4.21 Å². The standard InChI is InChI=1S/C28H26OS2/c1-2-3-9-22-14-16-23(17-15-22)24-18-20-26(21-19-24)31(29)28-13-8-7-12-27(28)30-25-10-5-4-6-11-25/h4-8,10-21H,2-3,9H2,1H3. The Morgan fingerprint density at radius 3 is 2.00 bits per heavy atom. The number of hydrogen-bond donors (Lipinski definition) is 0. The summed E-state index contributed by atoms with van der Waals surface area (Å²) < 4.78 is 13.3. The molecule has 0 aliphatic heterocycles. The third-order valence-electron chi connectivity index (χ3n) is 5.19. The van der Waals surface area contributed by atoms with Crippen molar-refractivity contribution in [1.82, 2.24) is 0 Å². The van der Waals surface area contributed by atoms with Gasteiger partial charge in [0.15, 0.2) is 0 Å². The Bertz CT molecular complexity index is 1130. The Hall–Kier alpha value is -2.62. The summed E-state index contributed by atoms with van der Waals surface area (Å²) in [6, 6.07) is 35.1. The molecule has 0 N–H and O–H groups in total. The molecule has 4 aromatic carbocycles. The van der Waals surface area contributed by atoms with Crippen LogP contribution in [0.25, 0.3) is 11.1 Å². The first kappa shape index (κ1) is 21.6. The number of benzene rings is 4. The van der Waals surface area contributed by atoms with E-state index < -0.39 is 10.8 Å². The molecule has 0 amide bonds. The van der Waals surface area contributed by atoms with Crippen molar-refractivity contribution in [2.45, 2.75) is 45.8 Å². The van der Waals surface area contributed by atoms with Crippen molar-refractivity contribution in [3.05, 3.63) is 109 Å². The summed E-state index contributed by atoms with van der Waals surface area (Å²) in [6.07, 6.45) is 3.58. The maximum atomic E-state index is 13.3. The van der Waals surface area contributed by atoms with Crippen molar-refractivity contribution in [1.29, 1.82) is 0 Å². The average molecular weight is 443 g/mol. The van der Waals surface area contributed by atoms with E-state index in [9.17, 15) is 4.21 Å². The molecule has 3 heteroatoms. The van der Waals surface area contributed by atoms with Crippen molar-refractivity contribution >= 4 is 22.6 Å². The molecule has 0 saturated carbocycles. The van der Waals surface area contributed by atoms with Gasteiger partial charge in [0, 0.05) is 14.7 Å². The second-order valence-electron chi connectivity index (χ2n) is 7.46. The Labute approximate surface area is 192 Å². The van der Waals surface area contributed by atoms with E-state index in [0.717, 1.165) is 31.6 Å². The smallest absolute Gasteiger partial charge is 0.0861 e. The highest BCUT2D eigenvalue weighted by molar-refractivity contribution is 8.00. The third kappa shape index (κ3) is 5.55. The molecule has 4 rings (SSSR count).